The maximum absolute atomic E-state index is 5.92. The predicted octanol–water partition coefficient (Wildman–Crippen LogP) is 1.55. The van der Waals surface area contributed by atoms with Gasteiger partial charge in [0.15, 0.2) is 0 Å². The summed E-state index contributed by atoms with van der Waals surface area (Å²) >= 11 is 0. The van der Waals surface area contributed by atoms with Crippen LogP contribution < -0.4 is 10.6 Å². The number of nitrogens with two attached hydrogens (primary N) is 1. The van der Waals surface area contributed by atoms with Crippen LogP contribution in [0.3, 0.4) is 0 Å². The Balaban J connectivity index is 2.08. The van der Waals surface area contributed by atoms with Gasteiger partial charge >= 0.3 is 0 Å². The Morgan fingerprint density at radius 1 is 1.33 bits per heavy atom. The molecule has 1 fully saturated rings. The van der Waals surface area contributed by atoms with Crippen LogP contribution in [0.1, 0.15) is 31.0 Å². The Hall–Kier alpha value is -1.13. The molecule has 0 bridgehead atoms. The zero-order valence-electron chi connectivity index (χ0n) is 11.7. The summed E-state index contributed by atoms with van der Waals surface area (Å²) < 4.78 is 0. The van der Waals surface area contributed by atoms with E-state index in [1.807, 2.05) is 13.1 Å². The van der Waals surface area contributed by atoms with Crippen LogP contribution in [-0.4, -0.2) is 42.6 Å². The molecule has 1 aromatic rings. The van der Waals surface area contributed by atoms with Crippen LogP contribution in [0.25, 0.3) is 0 Å². The summed E-state index contributed by atoms with van der Waals surface area (Å²) in [6.07, 6.45) is 1.93. The van der Waals surface area contributed by atoms with Crippen LogP contribution in [0, 0.1) is 6.92 Å². The maximum Gasteiger partial charge on any atom is 0.128 e. The van der Waals surface area contributed by atoms with Crippen LogP contribution in [0.15, 0.2) is 12.3 Å². The number of aryl methyl sites for hydroxylation is 1. The lowest BCUT2D eigenvalue weighted by Crippen LogP contribution is -2.46. The molecule has 0 radical (unpaired) electrons. The van der Waals surface area contributed by atoms with Crippen molar-refractivity contribution in [2.24, 2.45) is 5.73 Å². The number of aromatic nitrogens is 1. The van der Waals surface area contributed by atoms with Gasteiger partial charge in [0.05, 0.1) is 0 Å². The second kappa shape index (κ2) is 5.67. The SMILES string of the molecule is CCN1CCN(c2cc(C)c([C@H](C)N)cn2)CC1. The van der Waals surface area contributed by atoms with Crippen molar-refractivity contribution in [1.82, 2.24) is 9.88 Å². The molecule has 0 saturated carbocycles. The molecule has 0 amide bonds. The highest BCUT2D eigenvalue weighted by atomic mass is 15.3. The van der Waals surface area contributed by atoms with Gasteiger partial charge < -0.3 is 15.5 Å². The smallest absolute Gasteiger partial charge is 0.128 e. The minimum atomic E-state index is 0.0588. The molecule has 2 N–H and O–H groups in total. The molecule has 4 nitrogen and oxygen atoms in total. The zero-order valence-corrected chi connectivity index (χ0v) is 11.7. The molecule has 2 heterocycles. The number of pyridine rings is 1. The summed E-state index contributed by atoms with van der Waals surface area (Å²) in [5, 5.41) is 0. The predicted molar refractivity (Wildman–Crippen MR) is 75.9 cm³/mol. The normalized spacial score (nSPS) is 19.0. The van der Waals surface area contributed by atoms with E-state index in [0.717, 1.165) is 44.1 Å². The summed E-state index contributed by atoms with van der Waals surface area (Å²) in [5.74, 6) is 1.09. The molecule has 0 aromatic carbocycles. The second-order valence-corrected chi connectivity index (χ2v) is 5.11. The van der Waals surface area contributed by atoms with E-state index in [-0.39, 0.29) is 6.04 Å². The lowest BCUT2D eigenvalue weighted by atomic mass is 10.1. The van der Waals surface area contributed by atoms with E-state index in [1.54, 1.807) is 0 Å². The molecule has 1 saturated heterocycles. The van der Waals surface area contributed by atoms with Gasteiger partial charge in [-0.15, -0.1) is 0 Å². The van der Waals surface area contributed by atoms with Crippen LogP contribution in [0.2, 0.25) is 0 Å². The summed E-state index contributed by atoms with van der Waals surface area (Å²) in [4.78, 5) is 9.40. The number of likely N-dealkylation sites (N-methyl/N-ethyl adjacent to an activating group) is 1. The monoisotopic (exact) mass is 248 g/mol. The lowest BCUT2D eigenvalue weighted by molar-refractivity contribution is 0.270. The average molecular weight is 248 g/mol. The van der Waals surface area contributed by atoms with E-state index in [9.17, 15) is 0 Å². The fraction of sp³-hybridized carbons (Fsp3) is 0.643. The van der Waals surface area contributed by atoms with E-state index in [0.29, 0.717) is 0 Å². The minimum absolute atomic E-state index is 0.0588. The first-order valence-electron chi connectivity index (χ1n) is 6.81. The molecule has 0 aliphatic carbocycles. The van der Waals surface area contributed by atoms with E-state index >= 15 is 0 Å². The van der Waals surface area contributed by atoms with Gasteiger partial charge in [0.25, 0.3) is 0 Å². The second-order valence-electron chi connectivity index (χ2n) is 5.11. The number of anilines is 1. The van der Waals surface area contributed by atoms with Gasteiger partial charge in [-0.25, -0.2) is 4.98 Å². The first kappa shape index (κ1) is 13.3. The van der Waals surface area contributed by atoms with Gasteiger partial charge in [-0.3, -0.25) is 0 Å². The zero-order chi connectivity index (χ0) is 13.1. The molecule has 100 valence electrons. The molecule has 0 spiro atoms. The van der Waals surface area contributed by atoms with Crippen molar-refractivity contribution in [2.45, 2.75) is 26.8 Å². The third-order valence-corrected chi connectivity index (χ3v) is 3.77. The van der Waals surface area contributed by atoms with Crippen molar-refractivity contribution in [2.75, 3.05) is 37.6 Å². The molecule has 0 unspecified atom stereocenters. The fourth-order valence-electron chi connectivity index (χ4n) is 2.49. The number of piperazine rings is 1. The molecule has 1 aliphatic heterocycles. The van der Waals surface area contributed by atoms with Gasteiger partial charge in [0.1, 0.15) is 5.82 Å². The van der Waals surface area contributed by atoms with Crippen LogP contribution in [0.5, 0.6) is 0 Å². The number of nitrogens with zero attached hydrogens (tertiary/aromatic N) is 3. The number of rotatable bonds is 3. The summed E-state index contributed by atoms with van der Waals surface area (Å²) in [7, 11) is 0. The summed E-state index contributed by atoms with van der Waals surface area (Å²) in [5.41, 5.74) is 8.31. The fourth-order valence-corrected chi connectivity index (χ4v) is 2.49. The molecule has 2 rings (SSSR count). The van der Waals surface area contributed by atoms with E-state index in [1.165, 1.54) is 5.56 Å². The third-order valence-electron chi connectivity index (χ3n) is 3.77. The molecule has 1 aromatic heterocycles. The minimum Gasteiger partial charge on any atom is -0.354 e. The van der Waals surface area contributed by atoms with Crippen LogP contribution in [-0.2, 0) is 0 Å². The van der Waals surface area contributed by atoms with Gasteiger partial charge in [-0.2, -0.15) is 0 Å². The van der Waals surface area contributed by atoms with Crippen molar-refractivity contribution < 1.29 is 0 Å². The largest absolute Gasteiger partial charge is 0.354 e. The van der Waals surface area contributed by atoms with E-state index in [2.05, 4.69) is 34.7 Å². The number of hydrogen-bond donors (Lipinski definition) is 1. The molecule has 1 atom stereocenters. The summed E-state index contributed by atoms with van der Waals surface area (Å²) in [6.45, 7) is 11.9. The highest BCUT2D eigenvalue weighted by molar-refractivity contribution is 5.44. The Morgan fingerprint density at radius 3 is 2.50 bits per heavy atom. The molecular formula is C14H24N4. The van der Waals surface area contributed by atoms with Crippen molar-refractivity contribution in [1.29, 1.82) is 0 Å². The van der Waals surface area contributed by atoms with Crippen molar-refractivity contribution in [3.8, 4) is 0 Å². The first-order chi connectivity index (χ1) is 8.61. The molecule has 18 heavy (non-hydrogen) atoms. The lowest BCUT2D eigenvalue weighted by Gasteiger charge is -2.35. The van der Waals surface area contributed by atoms with Gasteiger partial charge in [0.2, 0.25) is 0 Å². The van der Waals surface area contributed by atoms with E-state index < -0.39 is 0 Å². The highest BCUT2D eigenvalue weighted by Gasteiger charge is 2.17. The standard InChI is InChI=1S/C14H24N4/c1-4-17-5-7-18(8-6-17)14-9-11(2)13(10-16-14)12(3)15/h9-10,12H,4-8,15H2,1-3H3/t12-/m0/s1. The average Bonchev–Trinajstić information content (AvgIpc) is 2.38. The van der Waals surface area contributed by atoms with Gasteiger partial charge in [-0.1, -0.05) is 6.92 Å². The Morgan fingerprint density at radius 2 is 2.00 bits per heavy atom. The highest BCUT2D eigenvalue weighted by Crippen LogP contribution is 2.20. The first-order valence-corrected chi connectivity index (χ1v) is 6.81. The molecular weight excluding hydrogens is 224 g/mol. The van der Waals surface area contributed by atoms with Crippen LogP contribution in [0.4, 0.5) is 5.82 Å². The topological polar surface area (TPSA) is 45.4 Å². The van der Waals surface area contributed by atoms with Crippen LogP contribution >= 0.6 is 0 Å². The van der Waals surface area contributed by atoms with Gasteiger partial charge in [-0.05, 0) is 37.6 Å². The Bertz CT molecular complexity index is 395. The van der Waals surface area contributed by atoms with Crippen molar-refractivity contribution in [3.63, 3.8) is 0 Å². The van der Waals surface area contributed by atoms with Crippen molar-refractivity contribution >= 4 is 5.82 Å². The Kier molecular flexibility index (Phi) is 4.19. The summed E-state index contributed by atoms with van der Waals surface area (Å²) in [6, 6.07) is 2.23. The third kappa shape index (κ3) is 2.82. The molecule has 1 aliphatic rings. The Labute approximate surface area is 110 Å². The van der Waals surface area contributed by atoms with E-state index in [4.69, 9.17) is 5.73 Å². The maximum atomic E-state index is 5.92. The molecule has 4 heteroatoms. The number of hydrogen-bond acceptors (Lipinski definition) is 4. The van der Waals surface area contributed by atoms with Gasteiger partial charge in [0, 0.05) is 38.4 Å². The quantitative estimate of drug-likeness (QED) is 0.881. The van der Waals surface area contributed by atoms with Crippen molar-refractivity contribution in [3.05, 3.63) is 23.4 Å².